The van der Waals surface area contributed by atoms with Gasteiger partial charge in [0.2, 0.25) is 0 Å². The number of anilines is 1. The first kappa shape index (κ1) is 22.9. The minimum absolute atomic E-state index is 0.210. The highest BCUT2D eigenvalue weighted by Crippen LogP contribution is 2.42. The molecule has 2 fully saturated rings. The molecule has 1 amide bonds. The Kier molecular flexibility index (Phi) is 6.89. The number of ether oxygens (including phenoxy) is 1. The van der Waals surface area contributed by atoms with E-state index in [0.29, 0.717) is 35.1 Å². The van der Waals surface area contributed by atoms with Crippen molar-refractivity contribution < 1.29 is 13.9 Å². The Balaban J connectivity index is 1.56. The number of hydrogen-bond acceptors (Lipinski definition) is 7. The number of primary amides is 1. The SMILES string of the molecule is NC(=O)c1nc(-c2cn[nH]c2)sc1-c1cc(CCN2CCOCC2)c(F)cc1N1CCCCC1. The molecule has 3 N–H and O–H groups in total. The Morgan fingerprint density at radius 1 is 1.18 bits per heavy atom. The lowest BCUT2D eigenvalue weighted by Crippen LogP contribution is -2.37. The zero-order chi connectivity index (χ0) is 23.5. The molecule has 1 aromatic carbocycles. The molecule has 0 aliphatic carbocycles. The number of nitrogens with two attached hydrogens (primary N) is 1. The fourth-order valence-electron chi connectivity index (χ4n) is 4.64. The molecule has 0 saturated carbocycles. The highest BCUT2D eigenvalue weighted by molar-refractivity contribution is 7.18. The Morgan fingerprint density at radius 2 is 1.97 bits per heavy atom. The molecule has 8 nitrogen and oxygen atoms in total. The number of amides is 1. The van der Waals surface area contributed by atoms with Crippen LogP contribution in [0.25, 0.3) is 21.0 Å². The van der Waals surface area contributed by atoms with Gasteiger partial charge in [0, 0.05) is 55.7 Å². The number of rotatable bonds is 7. The van der Waals surface area contributed by atoms with Crippen LogP contribution in [-0.4, -0.2) is 71.9 Å². The van der Waals surface area contributed by atoms with Crippen LogP contribution in [0, 0.1) is 5.82 Å². The number of benzene rings is 1. The third kappa shape index (κ3) is 4.84. The van der Waals surface area contributed by atoms with Crippen LogP contribution in [0.4, 0.5) is 10.1 Å². The van der Waals surface area contributed by atoms with Gasteiger partial charge in [-0.15, -0.1) is 11.3 Å². The summed E-state index contributed by atoms with van der Waals surface area (Å²) >= 11 is 1.39. The fraction of sp³-hybridized carbons (Fsp3) is 0.458. The lowest BCUT2D eigenvalue weighted by atomic mass is 10.00. The van der Waals surface area contributed by atoms with E-state index >= 15 is 4.39 Å². The second kappa shape index (κ2) is 10.2. The fourth-order valence-corrected chi connectivity index (χ4v) is 5.72. The highest BCUT2D eigenvalue weighted by Gasteiger charge is 2.25. The number of thiazole rings is 1. The largest absolute Gasteiger partial charge is 0.379 e. The lowest BCUT2D eigenvalue weighted by molar-refractivity contribution is 0.0383. The topological polar surface area (TPSA) is 100 Å². The molecule has 4 heterocycles. The van der Waals surface area contributed by atoms with Crippen molar-refractivity contribution in [1.82, 2.24) is 20.1 Å². The van der Waals surface area contributed by atoms with E-state index in [1.54, 1.807) is 18.5 Å². The number of piperidine rings is 1. The molecular formula is C24H29FN6O2S. The number of hydrogen-bond donors (Lipinski definition) is 2. The highest BCUT2D eigenvalue weighted by atomic mass is 32.1. The van der Waals surface area contributed by atoms with Crippen LogP contribution >= 0.6 is 11.3 Å². The standard InChI is InChI=1S/C24H29FN6O2S/c25-19-13-20(31-5-2-1-3-6-31)18(12-16(19)4-7-30-8-10-33-11-9-30)22-21(23(26)32)29-24(34-22)17-14-27-28-15-17/h12-15H,1-11H2,(H2,26,32)(H,27,28). The van der Waals surface area contributed by atoms with Crippen molar-refractivity contribution in [3.05, 3.63) is 41.6 Å². The summed E-state index contributed by atoms with van der Waals surface area (Å²) in [5, 5.41) is 7.43. The van der Waals surface area contributed by atoms with E-state index in [1.165, 1.54) is 17.8 Å². The van der Waals surface area contributed by atoms with Crippen molar-refractivity contribution in [2.75, 3.05) is 50.8 Å². The first-order valence-corrected chi connectivity index (χ1v) is 12.6. The van der Waals surface area contributed by atoms with Crippen molar-refractivity contribution in [3.63, 3.8) is 0 Å². The number of aromatic amines is 1. The second-order valence-electron chi connectivity index (χ2n) is 8.76. The van der Waals surface area contributed by atoms with Gasteiger partial charge in [-0.3, -0.25) is 14.8 Å². The number of nitrogens with one attached hydrogen (secondary N) is 1. The maximum Gasteiger partial charge on any atom is 0.268 e. The van der Waals surface area contributed by atoms with Crippen LogP contribution in [0.5, 0.6) is 0 Å². The van der Waals surface area contributed by atoms with Gasteiger partial charge < -0.3 is 15.4 Å². The van der Waals surface area contributed by atoms with E-state index in [1.807, 2.05) is 6.07 Å². The number of aromatic nitrogens is 3. The molecule has 0 bridgehead atoms. The van der Waals surface area contributed by atoms with Crippen molar-refractivity contribution in [3.8, 4) is 21.0 Å². The van der Waals surface area contributed by atoms with Gasteiger partial charge in [0.15, 0.2) is 0 Å². The van der Waals surface area contributed by atoms with E-state index in [-0.39, 0.29) is 11.5 Å². The van der Waals surface area contributed by atoms with E-state index in [4.69, 9.17) is 10.5 Å². The van der Waals surface area contributed by atoms with Crippen LogP contribution < -0.4 is 10.6 Å². The van der Waals surface area contributed by atoms with Crippen molar-refractivity contribution in [1.29, 1.82) is 0 Å². The van der Waals surface area contributed by atoms with Gasteiger partial charge >= 0.3 is 0 Å². The summed E-state index contributed by atoms with van der Waals surface area (Å²) in [4.78, 5) is 22.1. The minimum Gasteiger partial charge on any atom is -0.379 e. The van der Waals surface area contributed by atoms with Crippen LogP contribution in [-0.2, 0) is 11.2 Å². The molecule has 2 saturated heterocycles. The van der Waals surface area contributed by atoms with Gasteiger partial charge in [0.1, 0.15) is 16.5 Å². The monoisotopic (exact) mass is 484 g/mol. The molecule has 10 heteroatoms. The quantitative estimate of drug-likeness (QED) is 0.534. The predicted molar refractivity (Wildman–Crippen MR) is 131 cm³/mol. The summed E-state index contributed by atoms with van der Waals surface area (Å²) in [6.45, 7) is 5.61. The van der Waals surface area contributed by atoms with Crippen LogP contribution in [0.2, 0.25) is 0 Å². The summed E-state index contributed by atoms with van der Waals surface area (Å²) in [5.41, 5.74) is 9.00. The number of morpholine rings is 1. The molecule has 0 spiro atoms. The van der Waals surface area contributed by atoms with Crippen molar-refractivity contribution in [2.24, 2.45) is 5.73 Å². The van der Waals surface area contributed by atoms with Crippen molar-refractivity contribution in [2.45, 2.75) is 25.7 Å². The van der Waals surface area contributed by atoms with Gasteiger partial charge in [-0.05, 0) is 43.4 Å². The minimum atomic E-state index is -0.593. The number of carbonyl (C=O) groups is 1. The van der Waals surface area contributed by atoms with E-state index < -0.39 is 5.91 Å². The lowest BCUT2D eigenvalue weighted by Gasteiger charge is -2.31. The number of halogens is 1. The van der Waals surface area contributed by atoms with Gasteiger partial charge in [0.25, 0.3) is 5.91 Å². The number of H-pyrrole nitrogens is 1. The molecule has 2 aromatic heterocycles. The van der Waals surface area contributed by atoms with Gasteiger partial charge in [0.05, 0.1) is 24.3 Å². The molecule has 3 aromatic rings. The van der Waals surface area contributed by atoms with E-state index in [2.05, 4.69) is 25.0 Å². The molecule has 2 aliphatic heterocycles. The molecule has 0 unspecified atom stereocenters. The predicted octanol–water partition coefficient (Wildman–Crippen LogP) is 3.30. The maximum absolute atomic E-state index is 15.4. The summed E-state index contributed by atoms with van der Waals surface area (Å²) in [6, 6.07) is 3.54. The maximum atomic E-state index is 15.4. The Morgan fingerprint density at radius 3 is 2.68 bits per heavy atom. The van der Waals surface area contributed by atoms with Gasteiger partial charge in [-0.2, -0.15) is 5.10 Å². The summed E-state index contributed by atoms with van der Waals surface area (Å²) < 4.78 is 20.8. The van der Waals surface area contributed by atoms with Crippen molar-refractivity contribution >= 4 is 22.9 Å². The van der Waals surface area contributed by atoms with Gasteiger partial charge in [-0.1, -0.05) is 0 Å². The first-order chi connectivity index (χ1) is 16.6. The van der Waals surface area contributed by atoms with Crippen LogP contribution in [0.1, 0.15) is 35.3 Å². The molecule has 34 heavy (non-hydrogen) atoms. The van der Waals surface area contributed by atoms with Gasteiger partial charge in [-0.25, -0.2) is 9.37 Å². The molecule has 0 atom stereocenters. The third-order valence-corrected chi connectivity index (χ3v) is 7.65. The zero-order valence-electron chi connectivity index (χ0n) is 19.1. The zero-order valence-corrected chi connectivity index (χ0v) is 19.9. The normalized spacial score (nSPS) is 17.3. The summed E-state index contributed by atoms with van der Waals surface area (Å²) in [5.74, 6) is -0.803. The smallest absolute Gasteiger partial charge is 0.268 e. The Hall–Kier alpha value is -2.82. The second-order valence-corrected chi connectivity index (χ2v) is 9.76. The summed E-state index contributed by atoms with van der Waals surface area (Å²) in [6.07, 6.45) is 7.27. The average molecular weight is 485 g/mol. The molecule has 0 radical (unpaired) electrons. The molecule has 2 aliphatic rings. The Bertz CT molecular complexity index is 1140. The Labute approximate surface area is 201 Å². The van der Waals surface area contributed by atoms with E-state index in [0.717, 1.165) is 62.4 Å². The number of nitrogens with zero attached hydrogens (tertiary/aromatic N) is 4. The van der Waals surface area contributed by atoms with Crippen LogP contribution in [0.3, 0.4) is 0 Å². The van der Waals surface area contributed by atoms with Crippen LogP contribution in [0.15, 0.2) is 24.5 Å². The molecule has 5 rings (SSSR count). The van der Waals surface area contributed by atoms with E-state index in [9.17, 15) is 4.79 Å². The summed E-state index contributed by atoms with van der Waals surface area (Å²) in [7, 11) is 0. The molecular weight excluding hydrogens is 455 g/mol. The first-order valence-electron chi connectivity index (χ1n) is 11.8. The molecule has 180 valence electrons. The third-order valence-electron chi connectivity index (χ3n) is 6.51. The average Bonchev–Trinajstić information content (AvgIpc) is 3.55. The number of carbonyl (C=O) groups excluding carboxylic acids is 1.